The van der Waals surface area contributed by atoms with E-state index >= 15 is 8.78 Å². The van der Waals surface area contributed by atoms with Crippen molar-refractivity contribution in [1.29, 1.82) is 0 Å². The summed E-state index contributed by atoms with van der Waals surface area (Å²) in [5.74, 6) is -4.08. The number of hydrogen-bond donors (Lipinski definition) is 2. The number of carbonyl (C=O) groups is 1. The number of aliphatic carboxylic acids is 1. The molecular formula is C30H38F3N3O4. The number of likely N-dealkylation sites (tertiary alicyclic amines) is 1. The summed E-state index contributed by atoms with van der Waals surface area (Å²) in [5.41, 5.74) is 2.30. The average Bonchev–Trinajstić information content (AvgIpc) is 3.64. The topological polar surface area (TPSA) is 83.9 Å². The van der Waals surface area contributed by atoms with Crippen LogP contribution >= 0.6 is 0 Å². The summed E-state index contributed by atoms with van der Waals surface area (Å²) in [7, 11) is 0. The molecule has 0 amide bonds. The summed E-state index contributed by atoms with van der Waals surface area (Å²) in [6.45, 7) is 1.46. The molecule has 7 nitrogen and oxygen atoms in total. The number of alkyl halides is 2. The van der Waals surface area contributed by atoms with Gasteiger partial charge in [0, 0.05) is 37.3 Å². The highest BCUT2D eigenvalue weighted by molar-refractivity contribution is 5.76. The first-order valence-electron chi connectivity index (χ1n) is 14.4. The van der Waals surface area contributed by atoms with Crippen molar-refractivity contribution in [3.63, 3.8) is 0 Å². The number of pyridine rings is 1. The van der Waals surface area contributed by atoms with Crippen LogP contribution in [0.2, 0.25) is 0 Å². The first kappa shape index (κ1) is 28.8. The van der Waals surface area contributed by atoms with Gasteiger partial charge >= 0.3 is 5.97 Å². The fraction of sp³-hybridized carbons (Fsp3) is 0.600. The van der Waals surface area contributed by atoms with Gasteiger partial charge in [-0.1, -0.05) is 18.2 Å². The van der Waals surface area contributed by atoms with Crippen LogP contribution < -0.4 is 5.32 Å². The molecule has 2 aromatic rings. The summed E-state index contributed by atoms with van der Waals surface area (Å²) < 4.78 is 57.3. The third-order valence-corrected chi connectivity index (χ3v) is 8.24. The quantitative estimate of drug-likeness (QED) is 0.314. The number of aryl methyl sites for hydroxylation is 2. The Balaban J connectivity index is 1.24. The summed E-state index contributed by atoms with van der Waals surface area (Å²) in [6.07, 6.45) is 4.85. The second kappa shape index (κ2) is 12.9. The fourth-order valence-electron chi connectivity index (χ4n) is 6.19. The van der Waals surface area contributed by atoms with E-state index in [1.807, 2.05) is 6.07 Å². The van der Waals surface area contributed by atoms with Crippen LogP contribution in [-0.2, 0) is 33.7 Å². The highest BCUT2D eigenvalue weighted by Gasteiger charge is 2.49. The van der Waals surface area contributed by atoms with Crippen LogP contribution in [0.1, 0.15) is 79.8 Å². The number of halogens is 3. The maximum absolute atomic E-state index is 15.6. The van der Waals surface area contributed by atoms with Crippen molar-refractivity contribution in [2.75, 3.05) is 25.0 Å². The molecule has 0 aliphatic carbocycles. The van der Waals surface area contributed by atoms with Crippen LogP contribution in [0.25, 0.3) is 0 Å². The van der Waals surface area contributed by atoms with E-state index in [1.165, 1.54) is 28.7 Å². The molecule has 3 aliphatic heterocycles. The van der Waals surface area contributed by atoms with Crippen molar-refractivity contribution in [3.05, 3.63) is 58.5 Å². The maximum Gasteiger partial charge on any atom is 0.325 e. The van der Waals surface area contributed by atoms with E-state index in [0.717, 1.165) is 37.3 Å². The molecule has 4 heterocycles. The molecule has 0 saturated carbocycles. The third kappa shape index (κ3) is 6.61. The first-order chi connectivity index (χ1) is 19.3. The number of nitrogens with one attached hydrogen (secondary N) is 1. The van der Waals surface area contributed by atoms with E-state index in [2.05, 4.69) is 16.4 Å². The van der Waals surface area contributed by atoms with Crippen molar-refractivity contribution < 1.29 is 32.5 Å². The number of hydrogen-bond acceptors (Lipinski definition) is 6. The number of carboxylic acids is 1. The van der Waals surface area contributed by atoms with Crippen LogP contribution in [0.15, 0.2) is 30.3 Å². The highest BCUT2D eigenvalue weighted by atomic mass is 19.3. The standard InChI is InChI=1S/C30H38F3N3O4/c31-24-10-3-9-22(23(24)19-40-26-12-6-18-39-26)27(29(37)38)36-17-5-11-25(36)30(32,33)15-2-1-8-21-14-13-20-7-4-16-34-28(20)35-21/h3,9-10,13-14,25-27H,1-2,4-8,11-12,15-19H2,(H,34,35)(H,37,38)/t25-,26+,27?/m1/s1. The van der Waals surface area contributed by atoms with Crippen LogP contribution in [0, 0.1) is 5.82 Å². The number of anilines is 1. The number of unbranched alkanes of at least 4 members (excludes halogenated alkanes) is 1. The van der Waals surface area contributed by atoms with Crippen LogP contribution in [0.5, 0.6) is 0 Å². The van der Waals surface area contributed by atoms with E-state index < -0.39 is 36.1 Å². The zero-order valence-electron chi connectivity index (χ0n) is 22.7. The molecule has 2 saturated heterocycles. The van der Waals surface area contributed by atoms with Gasteiger partial charge in [-0.2, -0.15) is 0 Å². The number of benzene rings is 1. The number of carboxylic acid groups (broad SMARTS) is 1. The van der Waals surface area contributed by atoms with Gasteiger partial charge in [-0.15, -0.1) is 0 Å². The normalized spacial score (nSPS) is 22.2. The van der Waals surface area contributed by atoms with E-state index in [0.29, 0.717) is 38.7 Å². The second-order valence-corrected chi connectivity index (χ2v) is 11.0. The molecule has 3 aliphatic rings. The van der Waals surface area contributed by atoms with E-state index in [9.17, 15) is 14.3 Å². The fourth-order valence-corrected chi connectivity index (χ4v) is 6.19. The molecule has 3 atom stereocenters. The Labute approximate surface area is 233 Å². The smallest absolute Gasteiger partial charge is 0.325 e. The summed E-state index contributed by atoms with van der Waals surface area (Å²) in [6, 6.07) is 5.56. The molecule has 2 fully saturated rings. The molecule has 2 N–H and O–H groups in total. The van der Waals surface area contributed by atoms with E-state index in [-0.39, 0.29) is 37.1 Å². The monoisotopic (exact) mass is 561 g/mol. The molecule has 218 valence electrons. The molecule has 40 heavy (non-hydrogen) atoms. The summed E-state index contributed by atoms with van der Waals surface area (Å²) >= 11 is 0. The molecule has 0 radical (unpaired) electrons. The molecule has 1 aromatic heterocycles. The SMILES string of the molecule is O=C(O)C(c1cccc(F)c1CO[C@H]1CCCO1)N1CCC[C@@H]1C(F)(F)CCCCc1ccc2c(n1)NCCC2. The number of nitrogens with zero attached hydrogens (tertiary/aromatic N) is 2. The first-order valence-corrected chi connectivity index (χ1v) is 14.4. The lowest BCUT2D eigenvalue weighted by Crippen LogP contribution is -2.47. The zero-order valence-corrected chi connectivity index (χ0v) is 22.7. The molecule has 0 spiro atoms. The Kier molecular flexibility index (Phi) is 9.27. The van der Waals surface area contributed by atoms with Gasteiger partial charge in [0.15, 0.2) is 6.29 Å². The number of fused-ring (bicyclic) bond motifs is 1. The van der Waals surface area contributed by atoms with Crippen molar-refractivity contribution in [2.45, 2.75) is 95.1 Å². The molecule has 10 heteroatoms. The van der Waals surface area contributed by atoms with Crippen molar-refractivity contribution in [2.24, 2.45) is 0 Å². The van der Waals surface area contributed by atoms with Gasteiger partial charge in [0.25, 0.3) is 5.92 Å². The summed E-state index contributed by atoms with van der Waals surface area (Å²) in [4.78, 5) is 18.5. The van der Waals surface area contributed by atoms with Gasteiger partial charge in [0.2, 0.25) is 0 Å². The Morgan fingerprint density at radius 3 is 2.88 bits per heavy atom. The maximum atomic E-state index is 15.6. The lowest BCUT2D eigenvalue weighted by atomic mass is 9.95. The molecule has 1 aromatic carbocycles. The Morgan fingerprint density at radius 2 is 2.08 bits per heavy atom. The van der Waals surface area contributed by atoms with Crippen molar-refractivity contribution >= 4 is 11.8 Å². The minimum atomic E-state index is -3.09. The molecule has 1 unspecified atom stereocenters. The third-order valence-electron chi connectivity index (χ3n) is 8.24. The van der Waals surface area contributed by atoms with E-state index in [1.54, 1.807) is 0 Å². The average molecular weight is 562 g/mol. The van der Waals surface area contributed by atoms with Gasteiger partial charge < -0.3 is 19.9 Å². The number of ether oxygens (including phenoxy) is 2. The minimum Gasteiger partial charge on any atom is -0.480 e. The van der Waals surface area contributed by atoms with Crippen LogP contribution in [-0.4, -0.2) is 58.9 Å². The number of aromatic nitrogens is 1. The van der Waals surface area contributed by atoms with Gasteiger partial charge in [0.1, 0.15) is 17.7 Å². The lowest BCUT2D eigenvalue weighted by molar-refractivity contribution is -0.149. The highest BCUT2D eigenvalue weighted by Crippen LogP contribution is 2.41. The van der Waals surface area contributed by atoms with Crippen molar-refractivity contribution in [1.82, 2.24) is 9.88 Å². The van der Waals surface area contributed by atoms with Crippen LogP contribution in [0.4, 0.5) is 19.0 Å². The predicted octanol–water partition coefficient (Wildman–Crippen LogP) is 5.87. The van der Waals surface area contributed by atoms with Crippen LogP contribution in [0.3, 0.4) is 0 Å². The van der Waals surface area contributed by atoms with Crippen molar-refractivity contribution in [3.8, 4) is 0 Å². The predicted molar refractivity (Wildman–Crippen MR) is 144 cm³/mol. The Bertz CT molecular complexity index is 1170. The minimum absolute atomic E-state index is 0.0754. The molecule has 0 bridgehead atoms. The second-order valence-electron chi connectivity index (χ2n) is 11.0. The molecular weight excluding hydrogens is 523 g/mol. The summed E-state index contributed by atoms with van der Waals surface area (Å²) in [5, 5.41) is 13.5. The van der Waals surface area contributed by atoms with Gasteiger partial charge in [-0.25, -0.2) is 18.2 Å². The lowest BCUT2D eigenvalue weighted by Gasteiger charge is -2.36. The van der Waals surface area contributed by atoms with E-state index in [4.69, 9.17) is 9.47 Å². The Morgan fingerprint density at radius 1 is 1.20 bits per heavy atom. The Hall–Kier alpha value is -2.69. The largest absolute Gasteiger partial charge is 0.480 e. The van der Waals surface area contributed by atoms with Gasteiger partial charge in [-0.3, -0.25) is 9.69 Å². The van der Waals surface area contributed by atoms with Gasteiger partial charge in [-0.05, 0) is 81.2 Å². The van der Waals surface area contributed by atoms with Gasteiger partial charge in [0.05, 0.1) is 12.6 Å². The molecule has 5 rings (SSSR count). The zero-order chi connectivity index (χ0) is 28.1. The number of rotatable bonds is 12.